The van der Waals surface area contributed by atoms with Crippen LogP contribution in [0, 0.1) is 5.92 Å². The van der Waals surface area contributed by atoms with Crippen molar-refractivity contribution in [3.05, 3.63) is 12.2 Å². The van der Waals surface area contributed by atoms with Crippen LogP contribution in [0.5, 0.6) is 0 Å². The summed E-state index contributed by atoms with van der Waals surface area (Å²) >= 11 is 0. The van der Waals surface area contributed by atoms with E-state index in [1.165, 1.54) is 44.9 Å². The van der Waals surface area contributed by atoms with Crippen molar-refractivity contribution in [3.8, 4) is 0 Å². The summed E-state index contributed by atoms with van der Waals surface area (Å²) in [5.41, 5.74) is 0. The first-order valence-corrected chi connectivity index (χ1v) is 6.75. The second kappa shape index (κ2) is 7.92. The quantitative estimate of drug-likeness (QED) is 0.616. The van der Waals surface area contributed by atoms with Crippen LogP contribution in [0.15, 0.2) is 12.2 Å². The summed E-state index contributed by atoms with van der Waals surface area (Å²) in [6.45, 7) is 4.97. The van der Waals surface area contributed by atoms with Gasteiger partial charge in [0.1, 0.15) is 0 Å². The molecule has 15 heavy (non-hydrogen) atoms. The third kappa shape index (κ3) is 4.83. The van der Waals surface area contributed by atoms with E-state index in [-0.39, 0.29) is 0 Å². The van der Waals surface area contributed by atoms with Crippen molar-refractivity contribution >= 4 is 0 Å². The molecule has 1 heteroatoms. The Bertz CT molecular complexity index is 162. The van der Waals surface area contributed by atoms with E-state index in [2.05, 4.69) is 12.2 Å². The van der Waals surface area contributed by atoms with E-state index in [9.17, 15) is 0 Å². The maximum atomic E-state index is 5.56. The molecule has 0 amide bonds. The largest absolute Gasteiger partial charge is 0.374 e. The Morgan fingerprint density at radius 3 is 2.20 bits per heavy atom. The molecule has 1 nitrogen and oxygen atoms in total. The molecular formula is C14H26O. The van der Waals surface area contributed by atoms with Gasteiger partial charge in [-0.2, -0.15) is 0 Å². The lowest BCUT2D eigenvalue weighted by molar-refractivity contribution is 0.145. The molecule has 0 bridgehead atoms. The van der Waals surface area contributed by atoms with Gasteiger partial charge < -0.3 is 4.74 Å². The maximum Gasteiger partial charge on any atom is 0.0756 e. The third-order valence-electron chi connectivity index (χ3n) is 3.21. The van der Waals surface area contributed by atoms with Gasteiger partial charge >= 0.3 is 0 Å². The van der Waals surface area contributed by atoms with Gasteiger partial charge in [0.15, 0.2) is 0 Å². The van der Waals surface area contributed by atoms with Crippen LogP contribution >= 0.6 is 0 Å². The minimum absolute atomic E-state index is 0.446. The second-order valence-corrected chi connectivity index (χ2v) is 4.33. The van der Waals surface area contributed by atoms with E-state index in [0.29, 0.717) is 6.10 Å². The lowest BCUT2D eigenvalue weighted by Gasteiger charge is -2.18. The van der Waals surface area contributed by atoms with Crippen LogP contribution in [0.25, 0.3) is 0 Å². The van der Waals surface area contributed by atoms with E-state index in [1.54, 1.807) is 0 Å². The van der Waals surface area contributed by atoms with Gasteiger partial charge in [-0.05, 0) is 31.6 Å². The van der Waals surface area contributed by atoms with Gasteiger partial charge in [0.05, 0.1) is 6.10 Å². The summed E-state index contributed by atoms with van der Waals surface area (Å²) < 4.78 is 5.56. The highest BCUT2D eigenvalue weighted by atomic mass is 16.5. The van der Waals surface area contributed by atoms with Crippen LogP contribution in [-0.2, 0) is 4.74 Å². The average Bonchev–Trinajstić information content (AvgIpc) is 2.83. The van der Waals surface area contributed by atoms with Gasteiger partial charge in [-0.3, -0.25) is 0 Å². The Morgan fingerprint density at radius 2 is 1.60 bits per heavy atom. The normalized spacial score (nSPS) is 27.7. The topological polar surface area (TPSA) is 9.23 Å². The second-order valence-electron chi connectivity index (χ2n) is 4.33. The monoisotopic (exact) mass is 210 g/mol. The van der Waals surface area contributed by atoms with Crippen molar-refractivity contribution in [2.24, 2.45) is 5.92 Å². The van der Waals surface area contributed by atoms with Crippen LogP contribution in [0.1, 0.15) is 58.8 Å². The molecule has 1 atom stereocenters. The number of hydrogen-bond acceptors (Lipinski definition) is 1. The smallest absolute Gasteiger partial charge is 0.0756 e. The molecule has 1 saturated heterocycles. The molecule has 0 spiro atoms. The van der Waals surface area contributed by atoms with Crippen molar-refractivity contribution in [3.63, 3.8) is 0 Å². The van der Waals surface area contributed by atoms with Gasteiger partial charge in [0.2, 0.25) is 0 Å². The Morgan fingerprint density at radius 1 is 0.867 bits per heavy atom. The molecule has 0 aromatic rings. The maximum absolute atomic E-state index is 5.56. The number of hydrogen-bond donors (Lipinski definition) is 0. The van der Waals surface area contributed by atoms with Gasteiger partial charge in [-0.25, -0.2) is 0 Å². The minimum Gasteiger partial charge on any atom is -0.374 e. The van der Waals surface area contributed by atoms with Crippen molar-refractivity contribution < 1.29 is 4.74 Å². The Kier molecular flexibility index (Phi) is 6.74. The van der Waals surface area contributed by atoms with E-state index in [1.807, 2.05) is 13.8 Å². The minimum atomic E-state index is 0.446. The Labute approximate surface area is 94.9 Å². The molecule has 1 aliphatic heterocycles. The zero-order chi connectivity index (χ0) is 10.9. The number of ether oxygens (including phenoxy) is 1. The fraction of sp³-hybridized carbons (Fsp3) is 0.857. The standard InChI is InChI=1S/C12H20O.C2H6/c1-2-5-11(6-3-1)8-9-12-7-4-10-13-12;1-2/h8-9,11-12H,1-7,10H2;1-2H3/b9-8+;. The van der Waals surface area contributed by atoms with Crippen LogP contribution in [0.4, 0.5) is 0 Å². The molecule has 88 valence electrons. The van der Waals surface area contributed by atoms with Crippen LogP contribution in [0.3, 0.4) is 0 Å². The fourth-order valence-corrected chi connectivity index (χ4v) is 2.36. The summed E-state index contributed by atoms with van der Waals surface area (Å²) in [6.07, 6.45) is 14.8. The van der Waals surface area contributed by atoms with Crippen molar-refractivity contribution in [1.82, 2.24) is 0 Å². The zero-order valence-corrected chi connectivity index (χ0v) is 10.4. The van der Waals surface area contributed by atoms with Gasteiger partial charge in [0.25, 0.3) is 0 Å². The fourth-order valence-electron chi connectivity index (χ4n) is 2.36. The van der Waals surface area contributed by atoms with Crippen molar-refractivity contribution in [2.45, 2.75) is 64.9 Å². The average molecular weight is 210 g/mol. The molecule has 1 aliphatic carbocycles. The van der Waals surface area contributed by atoms with Gasteiger partial charge in [-0.15, -0.1) is 0 Å². The van der Waals surface area contributed by atoms with Crippen molar-refractivity contribution in [1.29, 1.82) is 0 Å². The highest BCUT2D eigenvalue weighted by Crippen LogP contribution is 2.25. The number of allylic oxidation sites excluding steroid dienone is 1. The predicted octanol–water partition coefficient (Wildman–Crippen LogP) is 4.33. The lowest BCUT2D eigenvalue weighted by Crippen LogP contribution is -2.05. The highest BCUT2D eigenvalue weighted by Gasteiger charge is 2.14. The van der Waals surface area contributed by atoms with E-state index in [0.717, 1.165) is 12.5 Å². The zero-order valence-electron chi connectivity index (χ0n) is 10.4. The molecule has 0 N–H and O–H groups in total. The first kappa shape index (κ1) is 12.8. The van der Waals surface area contributed by atoms with E-state index >= 15 is 0 Å². The molecule has 2 rings (SSSR count). The molecule has 0 radical (unpaired) electrons. The molecule has 1 saturated carbocycles. The van der Waals surface area contributed by atoms with Gasteiger partial charge in [-0.1, -0.05) is 45.3 Å². The molecule has 1 heterocycles. The molecule has 2 fully saturated rings. The lowest BCUT2D eigenvalue weighted by atomic mass is 9.89. The summed E-state index contributed by atoms with van der Waals surface area (Å²) in [4.78, 5) is 0. The first-order valence-electron chi connectivity index (χ1n) is 6.75. The first-order chi connectivity index (χ1) is 7.45. The summed E-state index contributed by atoms with van der Waals surface area (Å²) in [7, 11) is 0. The Hall–Kier alpha value is -0.300. The van der Waals surface area contributed by atoms with Crippen LogP contribution < -0.4 is 0 Å². The Balaban J connectivity index is 0.000000531. The summed E-state index contributed by atoms with van der Waals surface area (Å²) in [5, 5.41) is 0. The highest BCUT2D eigenvalue weighted by molar-refractivity contribution is 4.96. The predicted molar refractivity (Wildman–Crippen MR) is 66.0 cm³/mol. The summed E-state index contributed by atoms with van der Waals surface area (Å²) in [6, 6.07) is 0. The van der Waals surface area contributed by atoms with Crippen LogP contribution in [-0.4, -0.2) is 12.7 Å². The molecular weight excluding hydrogens is 184 g/mol. The molecule has 2 aliphatic rings. The van der Waals surface area contributed by atoms with Crippen molar-refractivity contribution in [2.75, 3.05) is 6.61 Å². The van der Waals surface area contributed by atoms with Crippen LogP contribution in [0.2, 0.25) is 0 Å². The molecule has 0 aromatic carbocycles. The SMILES string of the molecule is C(=C\C1CCCO1)/C1CCCCC1.CC. The molecule has 0 aromatic heterocycles. The van der Waals surface area contributed by atoms with E-state index < -0.39 is 0 Å². The number of rotatable bonds is 2. The van der Waals surface area contributed by atoms with Gasteiger partial charge in [0, 0.05) is 6.61 Å². The third-order valence-corrected chi connectivity index (χ3v) is 3.21. The van der Waals surface area contributed by atoms with E-state index in [4.69, 9.17) is 4.74 Å². The summed E-state index contributed by atoms with van der Waals surface area (Å²) in [5.74, 6) is 0.859. The molecule has 1 unspecified atom stereocenters.